The lowest BCUT2D eigenvalue weighted by molar-refractivity contribution is 0.669. The Bertz CT molecular complexity index is 2390. The minimum Gasteiger partial charge on any atom is -0.456 e. The van der Waals surface area contributed by atoms with Gasteiger partial charge in [-0.25, -0.2) is 0 Å². The number of hydrogen-bond acceptors (Lipinski definition) is 2. The molecule has 0 amide bonds. The normalized spacial score (nSPS) is 13.3. The Morgan fingerprint density at radius 1 is 0.500 bits per heavy atom. The Labute approximate surface area is 284 Å². The third kappa shape index (κ3) is 4.33. The van der Waals surface area contributed by atoms with Crippen molar-refractivity contribution in [3.05, 3.63) is 132 Å². The lowest BCUT2D eigenvalue weighted by Gasteiger charge is -2.37. The lowest BCUT2D eigenvalue weighted by atomic mass is 9.37. The average molecular weight is 622 g/mol. The number of anilines is 3. The van der Waals surface area contributed by atoms with Gasteiger partial charge in [-0.05, 0) is 116 Å². The van der Waals surface area contributed by atoms with Crippen LogP contribution in [0.2, 0.25) is 0 Å². The summed E-state index contributed by atoms with van der Waals surface area (Å²) in [6.45, 7) is 13.9. The van der Waals surface area contributed by atoms with Gasteiger partial charge in [0.15, 0.2) is 0 Å². The molecule has 0 unspecified atom stereocenters. The highest BCUT2D eigenvalue weighted by atomic mass is 16.3. The minimum atomic E-state index is 0.193. The van der Waals surface area contributed by atoms with Gasteiger partial charge in [0.05, 0.1) is 0 Å². The van der Waals surface area contributed by atoms with Crippen molar-refractivity contribution in [3.8, 4) is 22.3 Å². The van der Waals surface area contributed by atoms with E-state index >= 15 is 0 Å². The van der Waals surface area contributed by atoms with Crippen molar-refractivity contribution in [1.29, 1.82) is 0 Å². The van der Waals surface area contributed by atoms with Crippen molar-refractivity contribution in [2.24, 2.45) is 0 Å². The molecule has 2 aliphatic rings. The summed E-state index contributed by atoms with van der Waals surface area (Å²) < 4.78 is 6.22. The van der Waals surface area contributed by atoms with Crippen LogP contribution in [-0.4, -0.2) is 6.71 Å². The molecule has 0 saturated heterocycles. The first kappa shape index (κ1) is 29.1. The zero-order valence-corrected chi connectivity index (χ0v) is 28.6. The van der Waals surface area contributed by atoms with Gasteiger partial charge in [0.1, 0.15) is 11.2 Å². The number of furan rings is 1. The van der Waals surface area contributed by atoms with Crippen LogP contribution in [0.25, 0.3) is 44.2 Å². The molecule has 0 N–H and O–H groups in total. The second-order valence-electron chi connectivity index (χ2n) is 14.8. The molecule has 2 nitrogen and oxygen atoms in total. The number of rotatable bonds is 5. The molecule has 1 aromatic heterocycles. The van der Waals surface area contributed by atoms with Gasteiger partial charge in [-0.2, -0.15) is 0 Å². The number of fused-ring (bicyclic) bond motifs is 8. The molecular formula is C45H40BNO. The first-order valence-electron chi connectivity index (χ1n) is 17.5. The Kier molecular flexibility index (Phi) is 6.53. The topological polar surface area (TPSA) is 16.4 Å². The van der Waals surface area contributed by atoms with Gasteiger partial charge in [0, 0.05) is 27.8 Å². The summed E-state index contributed by atoms with van der Waals surface area (Å²) in [5.41, 5.74) is 19.1. The van der Waals surface area contributed by atoms with Gasteiger partial charge in [-0.15, -0.1) is 0 Å². The van der Waals surface area contributed by atoms with Crippen molar-refractivity contribution < 1.29 is 4.42 Å². The maximum atomic E-state index is 6.22. The van der Waals surface area contributed by atoms with Crippen LogP contribution in [0.5, 0.6) is 0 Å². The monoisotopic (exact) mass is 621 g/mol. The minimum absolute atomic E-state index is 0.193. The van der Waals surface area contributed by atoms with Crippen LogP contribution in [0.1, 0.15) is 76.0 Å². The van der Waals surface area contributed by atoms with E-state index < -0.39 is 0 Å². The van der Waals surface area contributed by atoms with Crippen LogP contribution < -0.4 is 21.3 Å². The molecule has 0 spiro atoms. The van der Waals surface area contributed by atoms with E-state index in [1.807, 2.05) is 6.07 Å². The van der Waals surface area contributed by atoms with E-state index in [4.69, 9.17) is 4.42 Å². The van der Waals surface area contributed by atoms with Gasteiger partial charge in [-0.1, -0.05) is 114 Å². The molecule has 7 aromatic rings. The summed E-state index contributed by atoms with van der Waals surface area (Å²) in [6, 6.07) is 43.6. The zero-order valence-electron chi connectivity index (χ0n) is 28.6. The summed E-state index contributed by atoms with van der Waals surface area (Å²) in [6.07, 6.45) is 0. The number of benzene rings is 6. The predicted molar refractivity (Wildman–Crippen MR) is 206 cm³/mol. The molecule has 3 heteroatoms. The molecule has 0 saturated carbocycles. The zero-order chi connectivity index (χ0) is 32.8. The number of hydrogen-bond donors (Lipinski definition) is 0. The summed E-state index contributed by atoms with van der Waals surface area (Å²) in [4.78, 5) is 2.53. The van der Waals surface area contributed by atoms with E-state index in [0.29, 0.717) is 17.8 Å². The van der Waals surface area contributed by atoms with Gasteiger partial charge in [-0.3, -0.25) is 0 Å². The third-order valence-corrected chi connectivity index (χ3v) is 10.8. The molecule has 9 rings (SSSR count). The van der Waals surface area contributed by atoms with Crippen molar-refractivity contribution in [1.82, 2.24) is 0 Å². The Morgan fingerprint density at radius 3 is 1.92 bits per heavy atom. The fourth-order valence-electron chi connectivity index (χ4n) is 8.11. The van der Waals surface area contributed by atoms with Gasteiger partial charge >= 0.3 is 0 Å². The van der Waals surface area contributed by atoms with Gasteiger partial charge in [0.25, 0.3) is 0 Å². The van der Waals surface area contributed by atoms with E-state index in [1.54, 1.807) is 0 Å². The second-order valence-corrected chi connectivity index (χ2v) is 14.8. The Morgan fingerprint density at radius 2 is 1.17 bits per heavy atom. The van der Waals surface area contributed by atoms with Gasteiger partial charge in [0.2, 0.25) is 6.71 Å². The summed E-state index contributed by atoms with van der Waals surface area (Å²) >= 11 is 0. The maximum absolute atomic E-state index is 6.22. The summed E-state index contributed by atoms with van der Waals surface area (Å²) in [5, 5.41) is 2.31. The fraction of sp³-hybridized carbons (Fsp3) is 0.200. The van der Waals surface area contributed by atoms with E-state index in [1.165, 1.54) is 72.4 Å². The summed E-state index contributed by atoms with van der Waals surface area (Å²) in [5.74, 6) is 1.40. The standard InChI is InChI=1S/C45H40BNO/c1-26(2)29-11-16-34(17-12-29)47-41-19-14-31(28(5)6)24-40(41)46-39-23-30(27(3)4)13-18-35(39)38-22-33(25-42(47)45(38)46)32-15-20-44-37(21-32)36-9-7-8-10-43(36)48-44/h7-28H,1-6H3. The van der Waals surface area contributed by atoms with Crippen LogP contribution in [0, 0.1) is 0 Å². The van der Waals surface area contributed by atoms with Crippen molar-refractivity contribution >= 4 is 62.1 Å². The van der Waals surface area contributed by atoms with Crippen LogP contribution in [0.3, 0.4) is 0 Å². The van der Waals surface area contributed by atoms with Crippen LogP contribution in [0.15, 0.2) is 120 Å². The van der Waals surface area contributed by atoms with Crippen molar-refractivity contribution in [2.75, 3.05) is 4.90 Å². The molecule has 0 radical (unpaired) electrons. The van der Waals surface area contributed by atoms with Crippen LogP contribution >= 0.6 is 0 Å². The van der Waals surface area contributed by atoms with E-state index in [0.717, 1.165) is 21.9 Å². The molecule has 0 aliphatic carbocycles. The Hall–Kier alpha value is -5.02. The van der Waals surface area contributed by atoms with Crippen molar-refractivity contribution in [2.45, 2.75) is 59.3 Å². The molecule has 2 aliphatic heterocycles. The van der Waals surface area contributed by atoms with E-state index in [9.17, 15) is 0 Å². The molecule has 0 bridgehead atoms. The smallest absolute Gasteiger partial charge is 0.248 e. The van der Waals surface area contributed by atoms with Crippen molar-refractivity contribution in [3.63, 3.8) is 0 Å². The largest absolute Gasteiger partial charge is 0.456 e. The highest BCUT2D eigenvalue weighted by Gasteiger charge is 2.43. The molecule has 6 aromatic carbocycles. The van der Waals surface area contributed by atoms with Crippen LogP contribution in [-0.2, 0) is 0 Å². The highest BCUT2D eigenvalue weighted by molar-refractivity contribution is 7.01. The molecule has 0 atom stereocenters. The molecular weight excluding hydrogens is 581 g/mol. The Balaban J connectivity index is 1.34. The summed E-state index contributed by atoms with van der Waals surface area (Å²) in [7, 11) is 0. The molecule has 48 heavy (non-hydrogen) atoms. The highest BCUT2D eigenvalue weighted by Crippen LogP contribution is 2.44. The second kappa shape index (κ2) is 10.8. The molecule has 234 valence electrons. The van der Waals surface area contributed by atoms with Gasteiger partial charge < -0.3 is 9.32 Å². The molecule has 0 fully saturated rings. The third-order valence-electron chi connectivity index (χ3n) is 10.8. The SMILES string of the molecule is CC(C)c1ccc(N2c3ccc(C(C)C)cc3B3c4cc(C(C)C)ccc4-c4cc(-c5ccc6oc7ccccc7c6c5)cc2c43)cc1. The van der Waals surface area contributed by atoms with E-state index in [-0.39, 0.29) is 6.71 Å². The predicted octanol–water partition coefficient (Wildman–Crippen LogP) is 10.9. The first-order chi connectivity index (χ1) is 23.3. The average Bonchev–Trinajstić information content (AvgIpc) is 3.64. The quantitative estimate of drug-likeness (QED) is 0.178. The first-order valence-corrected chi connectivity index (χ1v) is 17.5. The number of para-hydroxylation sites is 1. The van der Waals surface area contributed by atoms with Crippen LogP contribution in [0.4, 0.5) is 17.1 Å². The fourth-order valence-corrected chi connectivity index (χ4v) is 8.11. The van der Waals surface area contributed by atoms with E-state index in [2.05, 4.69) is 156 Å². The lowest BCUT2D eigenvalue weighted by Crippen LogP contribution is -2.55. The number of nitrogens with zero attached hydrogens (tertiary/aromatic N) is 1. The molecule has 3 heterocycles. The maximum Gasteiger partial charge on any atom is 0.248 e.